The molecule has 40 heavy (non-hydrogen) atoms. The van der Waals surface area contributed by atoms with Crippen LogP contribution in [0, 0.1) is 6.92 Å². The van der Waals surface area contributed by atoms with Crippen molar-refractivity contribution >= 4 is 29.5 Å². The van der Waals surface area contributed by atoms with Crippen LogP contribution in [0.15, 0.2) is 48.5 Å². The van der Waals surface area contributed by atoms with Crippen LogP contribution >= 0.6 is 0 Å². The molecule has 2 rings (SSSR count). The molecule has 10 nitrogen and oxygen atoms in total. The topological polar surface area (TPSA) is 151 Å². The monoisotopic (exact) mass is 554 g/mol. The van der Waals surface area contributed by atoms with E-state index in [1.807, 2.05) is 19.1 Å². The Morgan fingerprint density at radius 2 is 1.65 bits per heavy atom. The van der Waals surface area contributed by atoms with Crippen molar-refractivity contribution in [2.75, 3.05) is 11.9 Å². The number of para-hydroxylation sites is 2. The van der Waals surface area contributed by atoms with Gasteiger partial charge in [-0.3, -0.25) is 14.4 Å². The van der Waals surface area contributed by atoms with Gasteiger partial charge in [-0.2, -0.15) is 0 Å². The van der Waals surface area contributed by atoms with Crippen LogP contribution in [0.2, 0.25) is 0 Å². The number of hydrogen-bond donors (Lipinski definition) is 4. The second-order valence-electron chi connectivity index (χ2n) is 10.7. The van der Waals surface area contributed by atoms with Crippen LogP contribution in [0.1, 0.15) is 77.0 Å². The Hall–Kier alpha value is -4.08. The number of unbranched alkanes of at least 4 members (excludes halogenated alkanes) is 3. The highest BCUT2D eigenvalue weighted by Gasteiger charge is 2.38. The van der Waals surface area contributed by atoms with Crippen molar-refractivity contribution < 1.29 is 29.0 Å². The molecule has 2 aromatic carbocycles. The van der Waals surface area contributed by atoms with E-state index in [0.29, 0.717) is 12.1 Å². The fourth-order valence-corrected chi connectivity index (χ4v) is 4.21. The Bertz CT molecular complexity index is 1180. The number of nitrogens with zero attached hydrogens (tertiary/aromatic N) is 1. The lowest BCUT2D eigenvalue weighted by atomic mass is 10.00. The SMILES string of the molecule is CCCCCCN(C(=O)C(CC(N)=O)NC(=O)OC(C)(C)C)C(C(=O)Nc1ccccc1C)c1ccccc1O. The van der Waals surface area contributed by atoms with Gasteiger partial charge in [-0.1, -0.05) is 62.6 Å². The molecule has 5 N–H and O–H groups in total. The minimum Gasteiger partial charge on any atom is -0.508 e. The zero-order valence-corrected chi connectivity index (χ0v) is 24.0. The van der Waals surface area contributed by atoms with E-state index in [2.05, 4.69) is 17.6 Å². The van der Waals surface area contributed by atoms with Crippen molar-refractivity contribution in [3.05, 3.63) is 59.7 Å². The molecule has 10 heteroatoms. The summed E-state index contributed by atoms with van der Waals surface area (Å²) < 4.78 is 5.30. The van der Waals surface area contributed by atoms with Gasteiger partial charge in [-0.15, -0.1) is 0 Å². The molecule has 2 atom stereocenters. The molecule has 0 radical (unpaired) electrons. The summed E-state index contributed by atoms with van der Waals surface area (Å²) in [5, 5.41) is 16.1. The van der Waals surface area contributed by atoms with Crippen molar-refractivity contribution in [2.45, 2.75) is 84.4 Å². The summed E-state index contributed by atoms with van der Waals surface area (Å²) in [7, 11) is 0. The summed E-state index contributed by atoms with van der Waals surface area (Å²) in [5.41, 5.74) is 6.15. The molecule has 2 unspecified atom stereocenters. The molecule has 0 aliphatic rings. The first kappa shape index (κ1) is 32.1. The maximum Gasteiger partial charge on any atom is 0.408 e. The van der Waals surface area contributed by atoms with Crippen molar-refractivity contribution in [1.29, 1.82) is 0 Å². The van der Waals surface area contributed by atoms with Crippen molar-refractivity contribution in [3.8, 4) is 5.75 Å². The van der Waals surface area contributed by atoms with Crippen LogP contribution in [0.3, 0.4) is 0 Å². The first-order valence-corrected chi connectivity index (χ1v) is 13.6. The Labute approximate surface area is 236 Å². The minimum absolute atomic E-state index is 0.129. The van der Waals surface area contributed by atoms with Gasteiger partial charge in [0.25, 0.3) is 5.91 Å². The predicted molar refractivity (Wildman–Crippen MR) is 153 cm³/mol. The standard InChI is InChI=1S/C30H42N4O6/c1-6-7-8-13-18-34(28(38)23(19-25(31)36)33-29(39)40-30(3,4)5)26(21-15-10-12-17-24(21)35)27(37)32-22-16-11-9-14-20(22)2/h9-12,14-17,23,26,35H,6-8,13,18-19H2,1-5H3,(H2,31,36)(H,32,37)(H,33,39). The molecule has 0 saturated carbocycles. The average molecular weight is 555 g/mol. The van der Waals surface area contributed by atoms with E-state index in [4.69, 9.17) is 10.5 Å². The van der Waals surface area contributed by atoms with Crippen molar-refractivity contribution in [1.82, 2.24) is 10.2 Å². The summed E-state index contributed by atoms with van der Waals surface area (Å²) in [6.07, 6.45) is 1.80. The summed E-state index contributed by atoms with van der Waals surface area (Å²) >= 11 is 0. The first-order chi connectivity index (χ1) is 18.8. The number of carbonyl (C=O) groups excluding carboxylic acids is 4. The molecule has 0 heterocycles. The Morgan fingerprint density at radius 3 is 2.25 bits per heavy atom. The largest absolute Gasteiger partial charge is 0.508 e. The smallest absolute Gasteiger partial charge is 0.408 e. The number of anilines is 1. The quantitative estimate of drug-likeness (QED) is 0.267. The van der Waals surface area contributed by atoms with E-state index in [1.165, 1.54) is 11.0 Å². The highest BCUT2D eigenvalue weighted by atomic mass is 16.6. The molecule has 0 spiro atoms. The van der Waals surface area contributed by atoms with Gasteiger partial charge in [-0.25, -0.2) is 4.79 Å². The van der Waals surface area contributed by atoms with Gasteiger partial charge in [0.15, 0.2) is 0 Å². The molecule has 0 aliphatic heterocycles. The molecule has 0 aromatic heterocycles. The molecule has 0 aliphatic carbocycles. The number of benzene rings is 2. The number of amides is 4. The molecular formula is C30H42N4O6. The number of aryl methyl sites for hydroxylation is 1. The molecule has 218 valence electrons. The van der Waals surface area contributed by atoms with Gasteiger partial charge in [-0.05, 0) is 51.8 Å². The second kappa shape index (κ2) is 14.9. The van der Waals surface area contributed by atoms with Crippen LogP contribution in [0.25, 0.3) is 0 Å². The maximum atomic E-state index is 14.1. The van der Waals surface area contributed by atoms with Gasteiger partial charge in [0.1, 0.15) is 23.4 Å². The second-order valence-corrected chi connectivity index (χ2v) is 10.7. The van der Waals surface area contributed by atoms with E-state index >= 15 is 0 Å². The van der Waals surface area contributed by atoms with Gasteiger partial charge < -0.3 is 31.1 Å². The highest BCUT2D eigenvalue weighted by molar-refractivity contribution is 6.00. The van der Waals surface area contributed by atoms with Gasteiger partial charge in [0, 0.05) is 17.8 Å². The zero-order valence-electron chi connectivity index (χ0n) is 24.0. The number of alkyl carbamates (subject to hydrolysis) is 1. The molecule has 2 aromatic rings. The first-order valence-electron chi connectivity index (χ1n) is 13.6. The number of aromatic hydroxyl groups is 1. The fourth-order valence-electron chi connectivity index (χ4n) is 4.21. The lowest BCUT2D eigenvalue weighted by molar-refractivity contribution is -0.142. The maximum absolute atomic E-state index is 14.1. The number of nitrogens with two attached hydrogens (primary N) is 1. The van der Waals surface area contributed by atoms with Crippen LogP contribution in [0.4, 0.5) is 10.5 Å². The Balaban J connectivity index is 2.56. The third-order valence-corrected chi connectivity index (χ3v) is 6.12. The summed E-state index contributed by atoms with van der Waals surface area (Å²) in [4.78, 5) is 53.8. The zero-order chi connectivity index (χ0) is 29.9. The predicted octanol–water partition coefficient (Wildman–Crippen LogP) is 4.56. The average Bonchev–Trinajstić information content (AvgIpc) is 2.86. The van der Waals surface area contributed by atoms with Crippen molar-refractivity contribution in [2.24, 2.45) is 5.73 Å². The number of phenolic OH excluding ortho intramolecular Hbond substituents is 1. The van der Waals surface area contributed by atoms with Gasteiger partial charge in [0.2, 0.25) is 11.8 Å². The number of primary amides is 1. The van der Waals surface area contributed by atoms with Crippen LogP contribution in [-0.2, 0) is 19.1 Å². The number of rotatable bonds is 13. The van der Waals surface area contributed by atoms with Crippen molar-refractivity contribution in [3.63, 3.8) is 0 Å². The number of ether oxygens (including phenoxy) is 1. The van der Waals surface area contributed by atoms with E-state index in [-0.39, 0.29) is 17.9 Å². The van der Waals surface area contributed by atoms with E-state index in [1.54, 1.807) is 51.1 Å². The number of hydrogen-bond acceptors (Lipinski definition) is 6. The summed E-state index contributed by atoms with van der Waals surface area (Å²) in [6.45, 7) is 9.03. The molecule has 0 saturated heterocycles. The van der Waals surface area contributed by atoms with E-state index in [0.717, 1.165) is 24.8 Å². The summed E-state index contributed by atoms with van der Waals surface area (Å²) in [6, 6.07) is 10.8. The number of nitrogens with one attached hydrogen (secondary N) is 2. The van der Waals surface area contributed by atoms with E-state index < -0.39 is 47.9 Å². The third-order valence-electron chi connectivity index (χ3n) is 6.12. The Morgan fingerprint density at radius 1 is 1.00 bits per heavy atom. The molecule has 4 amide bonds. The summed E-state index contributed by atoms with van der Waals surface area (Å²) in [5.74, 6) is -2.25. The minimum atomic E-state index is -1.39. The highest BCUT2D eigenvalue weighted by Crippen LogP contribution is 2.31. The van der Waals surface area contributed by atoms with Crippen LogP contribution in [-0.4, -0.2) is 52.0 Å². The molecule has 0 fully saturated rings. The van der Waals surface area contributed by atoms with Gasteiger partial charge >= 0.3 is 6.09 Å². The van der Waals surface area contributed by atoms with Gasteiger partial charge in [0.05, 0.1) is 6.42 Å². The third kappa shape index (κ3) is 9.91. The molecule has 0 bridgehead atoms. The lowest BCUT2D eigenvalue weighted by Crippen LogP contribution is -2.53. The lowest BCUT2D eigenvalue weighted by Gasteiger charge is -2.34. The van der Waals surface area contributed by atoms with Crippen LogP contribution < -0.4 is 16.4 Å². The Kier molecular flexibility index (Phi) is 12.0. The normalized spacial score (nSPS) is 12.6. The van der Waals surface area contributed by atoms with Crippen LogP contribution in [0.5, 0.6) is 5.75 Å². The number of carbonyl (C=O) groups is 4. The van der Waals surface area contributed by atoms with E-state index in [9.17, 15) is 24.3 Å². The fraction of sp³-hybridized carbons (Fsp3) is 0.467. The molecular weight excluding hydrogens is 512 g/mol. The number of phenols is 1.